The summed E-state index contributed by atoms with van der Waals surface area (Å²) in [4.78, 5) is 30.1. The predicted molar refractivity (Wildman–Crippen MR) is 207 cm³/mol. The van der Waals surface area contributed by atoms with E-state index in [1.807, 2.05) is 120 Å². The molecule has 0 aliphatic rings. The summed E-state index contributed by atoms with van der Waals surface area (Å²) in [6, 6.07) is 11.7. The van der Waals surface area contributed by atoms with Gasteiger partial charge < -0.3 is 24.8 Å². The monoisotopic (exact) mass is 687 g/mol. The van der Waals surface area contributed by atoms with Crippen molar-refractivity contribution >= 4 is 23.2 Å². The number of anilines is 2. The van der Waals surface area contributed by atoms with E-state index < -0.39 is 0 Å². The number of nitrogens with one attached hydrogen (secondary N) is 2. The standard InChI is InChI=1S/C36H58N4O5.2C2H6/c1-9-31(35(41)37-33-27(3)15-11-16-28(33)4)39(7)19-13-21-43-23-25-45-26-24-44-22-14-20-40(8)32(10-2)36(42)38-34-29(5)17-12-18-30(34)6;2*1-2/h11-12,15-18,31-32H,9-10,13-14,19-26H2,1-8H3,(H,37,41)(H,38,42);2*1-2H3. The molecule has 0 bridgehead atoms. The number of nitrogens with zero attached hydrogens (tertiary/aromatic N) is 2. The van der Waals surface area contributed by atoms with Crippen LogP contribution in [0.2, 0.25) is 0 Å². The number of benzene rings is 2. The number of hydrogen-bond acceptors (Lipinski definition) is 7. The van der Waals surface area contributed by atoms with Crippen LogP contribution < -0.4 is 10.6 Å². The van der Waals surface area contributed by atoms with Gasteiger partial charge in [0.05, 0.1) is 38.5 Å². The summed E-state index contributed by atoms with van der Waals surface area (Å²) < 4.78 is 17.1. The summed E-state index contributed by atoms with van der Waals surface area (Å²) in [5.41, 5.74) is 6.11. The van der Waals surface area contributed by atoms with E-state index in [2.05, 4.69) is 20.4 Å². The van der Waals surface area contributed by atoms with E-state index in [0.29, 0.717) is 39.6 Å². The van der Waals surface area contributed by atoms with Gasteiger partial charge in [0.15, 0.2) is 0 Å². The zero-order valence-corrected chi connectivity index (χ0v) is 33.0. The highest BCUT2D eigenvalue weighted by molar-refractivity contribution is 5.96. The maximum Gasteiger partial charge on any atom is 0.241 e. The van der Waals surface area contributed by atoms with Crippen molar-refractivity contribution in [2.75, 3.05) is 77.5 Å². The van der Waals surface area contributed by atoms with Gasteiger partial charge in [-0.3, -0.25) is 19.4 Å². The van der Waals surface area contributed by atoms with Gasteiger partial charge in [-0.15, -0.1) is 0 Å². The van der Waals surface area contributed by atoms with E-state index in [1.165, 1.54) is 0 Å². The van der Waals surface area contributed by atoms with Crippen molar-refractivity contribution in [2.24, 2.45) is 0 Å². The first-order valence-corrected chi connectivity index (χ1v) is 18.5. The molecule has 0 saturated carbocycles. The maximum absolute atomic E-state index is 12.9. The third-order valence-corrected chi connectivity index (χ3v) is 8.24. The minimum Gasteiger partial charge on any atom is -0.379 e. The fraction of sp³-hybridized carbons (Fsp3) is 0.650. The lowest BCUT2D eigenvalue weighted by molar-refractivity contribution is -0.121. The molecule has 2 amide bonds. The normalized spacial score (nSPS) is 12.0. The minimum absolute atomic E-state index is 0.0301. The molecule has 2 aromatic rings. The van der Waals surface area contributed by atoms with Gasteiger partial charge in [0.1, 0.15) is 0 Å². The lowest BCUT2D eigenvalue weighted by atomic mass is 10.1. The average Bonchev–Trinajstić information content (AvgIpc) is 3.09. The highest BCUT2D eigenvalue weighted by atomic mass is 16.5. The van der Waals surface area contributed by atoms with Gasteiger partial charge in [-0.1, -0.05) is 77.9 Å². The fourth-order valence-corrected chi connectivity index (χ4v) is 5.52. The molecule has 0 aromatic heterocycles. The van der Waals surface area contributed by atoms with Crippen LogP contribution in [-0.2, 0) is 23.8 Å². The van der Waals surface area contributed by atoms with Gasteiger partial charge in [0.25, 0.3) is 0 Å². The summed E-state index contributed by atoms with van der Waals surface area (Å²) in [7, 11) is 3.98. The average molecular weight is 687 g/mol. The lowest BCUT2D eigenvalue weighted by Crippen LogP contribution is -2.42. The van der Waals surface area contributed by atoms with Gasteiger partial charge in [-0.25, -0.2) is 0 Å². The highest BCUT2D eigenvalue weighted by Gasteiger charge is 2.23. The largest absolute Gasteiger partial charge is 0.379 e. The molecule has 2 atom stereocenters. The molecule has 0 fully saturated rings. The Bertz CT molecular complexity index is 1050. The molecule has 49 heavy (non-hydrogen) atoms. The van der Waals surface area contributed by atoms with Gasteiger partial charge in [0.2, 0.25) is 11.8 Å². The fourth-order valence-electron chi connectivity index (χ4n) is 5.52. The minimum atomic E-state index is -0.186. The molecule has 9 heteroatoms. The molecule has 2 rings (SSSR count). The molecule has 0 aliphatic carbocycles. The number of carbonyl (C=O) groups is 2. The number of hydrogen-bond donors (Lipinski definition) is 2. The number of para-hydroxylation sites is 2. The Morgan fingerprint density at radius 1 is 0.571 bits per heavy atom. The van der Waals surface area contributed by atoms with E-state index in [-0.39, 0.29) is 23.9 Å². The maximum atomic E-state index is 12.9. The Kier molecular flexibility index (Phi) is 26.3. The molecule has 0 radical (unpaired) electrons. The lowest BCUT2D eigenvalue weighted by Gasteiger charge is -2.27. The number of likely N-dealkylation sites (N-methyl/N-ethyl adjacent to an activating group) is 2. The SMILES string of the molecule is CC.CC.CCC(C(=O)Nc1c(C)cccc1C)N(C)CCCOCCOCCOCCCN(C)C(CC)C(=O)Nc1c(C)cccc1C. The van der Waals surface area contributed by atoms with Crippen LogP contribution in [0, 0.1) is 27.7 Å². The molecule has 0 saturated heterocycles. The Hall–Kier alpha value is -2.82. The van der Waals surface area contributed by atoms with Crippen molar-refractivity contribution in [3.63, 3.8) is 0 Å². The Balaban J connectivity index is 0.00000554. The number of carbonyl (C=O) groups excluding carboxylic acids is 2. The smallest absolute Gasteiger partial charge is 0.241 e. The van der Waals surface area contributed by atoms with Crippen LogP contribution >= 0.6 is 0 Å². The molecular formula is C40H70N4O5. The van der Waals surface area contributed by atoms with Crippen LogP contribution in [0.15, 0.2) is 36.4 Å². The summed E-state index contributed by atoms with van der Waals surface area (Å²) in [6.07, 6.45) is 3.16. The molecule has 280 valence electrons. The first-order valence-electron chi connectivity index (χ1n) is 18.5. The second-order valence-corrected chi connectivity index (χ2v) is 11.9. The molecular weight excluding hydrogens is 616 g/mol. The van der Waals surface area contributed by atoms with Crippen LogP contribution in [0.5, 0.6) is 0 Å². The summed E-state index contributed by atoms with van der Waals surface area (Å²) in [6.45, 7) is 25.0. The van der Waals surface area contributed by atoms with Crippen molar-refractivity contribution in [1.29, 1.82) is 0 Å². The first-order chi connectivity index (χ1) is 23.6. The van der Waals surface area contributed by atoms with Gasteiger partial charge in [-0.05, 0) is 89.7 Å². The van der Waals surface area contributed by atoms with Crippen LogP contribution in [0.1, 0.15) is 89.5 Å². The highest BCUT2D eigenvalue weighted by Crippen LogP contribution is 2.21. The molecule has 2 unspecified atom stereocenters. The number of ether oxygens (including phenoxy) is 3. The summed E-state index contributed by atoms with van der Waals surface area (Å²) >= 11 is 0. The summed E-state index contributed by atoms with van der Waals surface area (Å²) in [5, 5.41) is 6.25. The third-order valence-electron chi connectivity index (χ3n) is 8.24. The van der Waals surface area contributed by atoms with Crippen molar-refractivity contribution in [2.45, 2.75) is 107 Å². The molecule has 9 nitrogen and oxygen atoms in total. The van der Waals surface area contributed by atoms with E-state index >= 15 is 0 Å². The molecule has 0 heterocycles. The van der Waals surface area contributed by atoms with Crippen LogP contribution in [0.4, 0.5) is 11.4 Å². The Morgan fingerprint density at radius 3 is 1.14 bits per heavy atom. The van der Waals surface area contributed by atoms with Crippen molar-refractivity contribution < 1.29 is 23.8 Å². The van der Waals surface area contributed by atoms with Crippen LogP contribution in [0.3, 0.4) is 0 Å². The molecule has 2 aromatic carbocycles. The second-order valence-electron chi connectivity index (χ2n) is 11.9. The predicted octanol–water partition coefficient (Wildman–Crippen LogP) is 7.80. The number of amides is 2. The molecule has 0 spiro atoms. The van der Waals surface area contributed by atoms with E-state index in [1.54, 1.807) is 0 Å². The topological polar surface area (TPSA) is 92.4 Å². The Morgan fingerprint density at radius 2 is 0.857 bits per heavy atom. The third kappa shape index (κ3) is 17.6. The van der Waals surface area contributed by atoms with E-state index in [0.717, 1.165) is 72.4 Å². The summed E-state index contributed by atoms with van der Waals surface area (Å²) in [5.74, 6) is 0.0601. The zero-order valence-electron chi connectivity index (χ0n) is 33.0. The van der Waals surface area contributed by atoms with Gasteiger partial charge >= 0.3 is 0 Å². The van der Waals surface area contributed by atoms with Crippen LogP contribution in [0.25, 0.3) is 0 Å². The van der Waals surface area contributed by atoms with Crippen molar-refractivity contribution in [3.8, 4) is 0 Å². The van der Waals surface area contributed by atoms with Gasteiger partial charge in [0, 0.05) is 37.7 Å². The zero-order chi connectivity index (χ0) is 37.2. The van der Waals surface area contributed by atoms with E-state index in [9.17, 15) is 9.59 Å². The second kappa shape index (κ2) is 27.9. The van der Waals surface area contributed by atoms with Crippen molar-refractivity contribution in [3.05, 3.63) is 58.7 Å². The van der Waals surface area contributed by atoms with Crippen molar-refractivity contribution in [1.82, 2.24) is 9.80 Å². The van der Waals surface area contributed by atoms with Crippen LogP contribution in [-0.4, -0.2) is 101 Å². The molecule has 0 aliphatic heterocycles. The Labute approximate surface area is 299 Å². The quantitative estimate of drug-likeness (QED) is 0.122. The van der Waals surface area contributed by atoms with Gasteiger partial charge in [-0.2, -0.15) is 0 Å². The number of rotatable bonds is 22. The first kappa shape index (κ1) is 46.2. The van der Waals surface area contributed by atoms with E-state index in [4.69, 9.17) is 14.2 Å². The number of aryl methyl sites for hydroxylation is 4. The molecule has 2 N–H and O–H groups in total.